The van der Waals surface area contributed by atoms with Crippen LogP contribution in [-0.4, -0.2) is 18.8 Å². The largest absolute Gasteiger partial charge is 0.496 e. The molecule has 0 saturated heterocycles. The van der Waals surface area contributed by atoms with Gasteiger partial charge in [-0.25, -0.2) is 0 Å². The quantitative estimate of drug-likeness (QED) is 0.778. The number of rotatable bonds is 6. The Morgan fingerprint density at radius 1 is 1.39 bits per heavy atom. The molecule has 0 aliphatic heterocycles. The van der Waals surface area contributed by atoms with Gasteiger partial charge in [0.05, 0.1) is 13.7 Å². The number of aliphatic hydroxyl groups excluding tert-OH is 1. The van der Waals surface area contributed by atoms with E-state index in [1.165, 1.54) is 11.1 Å². The zero-order valence-electron chi connectivity index (χ0n) is 11.9. The standard InChI is InChI=1S/C16H24O2/c1-12(2)15-10-14(8-9-16(15)18-4)7-5-6-13(3)11-17/h6,8-10,12,17H,5,7,11H2,1-4H3/b13-6+. The summed E-state index contributed by atoms with van der Waals surface area (Å²) in [6.45, 7) is 6.46. The molecule has 1 rings (SSSR count). The first-order chi connectivity index (χ1) is 8.58. The van der Waals surface area contributed by atoms with Crippen LogP contribution in [0, 0.1) is 0 Å². The van der Waals surface area contributed by atoms with Gasteiger partial charge in [-0.1, -0.05) is 37.6 Å². The lowest BCUT2D eigenvalue weighted by Crippen LogP contribution is -1.96. The fourth-order valence-corrected chi connectivity index (χ4v) is 1.94. The Hall–Kier alpha value is -1.28. The predicted octanol–water partition coefficient (Wildman–Crippen LogP) is 3.69. The van der Waals surface area contributed by atoms with Crippen molar-refractivity contribution < 1.29 is 9.84 Å². The zero-order valence-corrected chi connectivity index (χ0v) is 11.9. The molecule has 0 unspecified atom stereocenters. The fraction of sp³-hybridized carbons (Fsp3) is 0.500. The third-order valence-corrected chi connectivity index (χ3v) is 3.09. The summed E-state index contributed by atoms with van der Waals surface area (Å²) < 4.78 is 5.38. The summed E-state index contributed by atoms with van der Waals surface area (Å²) in [7, 11) is 1.72. The van der Waals surface area contributed by atoms with Gasteiger partial charge in [0, 0.05) is 0 Å². The van der Waals surface area contributed by atoms with E-state index in [2.05, 4.69) is 32.1 Å². The van der Waals surface area contributed by atoms with Crippen LogP contribution < -0.4 is 4.74 Å². The van der Waals surface area contributed by atoms with Crippen molar-refractivity contribution >= 4 is 0 Å². The van der Waals surface area contributed by atoms with E-state index in [9.17, 15) is 0 Å². The number of aliphatic hydroxyl groups is 1. The van der Waals surface area contributed by atoms with Crippen molar-refractivity contribution in [2.45, 2.75) is 39.5 Å². The molecule has 2 heteroatoms. The summed E-state index contributed by atoms with van der Waals surface area (Å²) in [5, 5.41) is 8.93. The van der Waals surface area contributed by atoms with Crippen molar-refractivity contribution in [1.29, 1.82) is 0 Å². The third-order valence-electron chi connectivity index (χ3n) is 3.09. The van der Waals surface area contributed by atoms with Crippen molar-refractivity contribution in [2.75, 3.05) is 13.7 Å². The third kappa shape index (κ3) is 4.19. The van der Waals surface area contributed by atoms with Crippen LogP contribution in [0.2, 0.25) is 0 Å². The fourth-order valence-electron chi connectivity index (χ4n) is 1.94. The van der Waals surface area contributed by atoms with Gasteiger partial charge in [0.2, 0.25) is 0 Å². The van der Waals surface area contributed by atoms with Crippen molar-refractivity contribution in [3.05, 3.63) is 41.0 Å². The van der Waals surface area contributed by atoms with Gasteiger partial charge in [-0.3, -0.25) is 0 Å². The van der Waals surface area contributed by atoms with E-state index in [0.717, 1.165) is 24.2 Å². The van der Waals surface area contributed by atoms with E-state index < -0.39 is 0 Å². The Labute approximate surface area is 110 Å². The molecule has 0 saturated carbocycles. The summed E-state index contributed by atoms with van der Waals surface area (Å²) >= 11 is 0. The maximum atomic E-state index is 8.93. The van der Waals surface area contributed by atoms with Crippen LogP contribution in [-0.2, 0) is 6.42 Å². The molecular weight excluding hydrogens is 224 g/mol. The molecule has 2 nitrogen and oxygen atoms in total. The Kier molecular flexibility index (Phi) is 5.93. The van der Waals surface area contributed by atoms with E-state index in [-0.39, 0.29) is 6.61 Å². The number of methoxy groups -OCH3 is 1. The van der Waals surface area contributed by atoms with E-state index >= 15 is 0 Å². The molecule has 100 valence electrons. The molecule has 0 aliphatic carbocycles. The molecule has 18 heavy (non-hydrogen) atoms. The SMILES string of the molecule is COc1ccc(CC/C=C(\C)CO)cc1C(C)C. The zero-order chi connectivity index (χ0) is 13.5. The second kappa shape index (κ2) is 7.22. The Morgan fingerprint density at radius 3 is 2.67 bits per heavy atom. The van der Waals surface area contributed by atoms with Gasteiger partial charge in [-0.15, -0.1) is 0 Å². The number of aryl methyl sites for hydroxylation is 1. The topological polar surface area (TPSA) is 29.5 Å². The lowest BCUT2D eigenvalue weighted by molar-refractivity contribution is 0.331. The maximum absolute atomic E-state index is 8.93. The maximum Gasteiger partial charge on any atom is 0.122 e. The minimum atomic E-state index is 0.153. The van der Waals surface area contributed by atoms with Crippen LogP contribution in [0.15, 0.2) is 29.8 Å². The summed E-state index contributed by atoms with van der Waals surface area (Å²) in [4.78, 5) is 0. The minimum Gasteiger partial charge on any atom is -0.496 e. The Morgan fingerprint density at radius 2 is 2.11 bits per heavy atom. The van der Waals surface area contributed by atoms with E-state index in [4.69, 9.17) is 9.84 Å². The number of benzene rings is 1. The molecule has 0 atom stereocenters. The number of allylic oxidation sites excluding steroid dienone is 1. The first kappa shape index (κ1) is 14.8. The Balaban J connectivity index is 2.76. The highest BCUT2D eigenvalue weighted by molar-refractivity contribution is 5.39. The molecule has 0 heterocycles. The molecule has 0 aliphatic rings. The van der Waals surface area contributed by atoms with Crippen molar-refractivity contribution in [3.63, 3.8) is 0 Å². The molecule has 1 aromatic rings. The summed E-state index contributed by atoms with van der Waals surface area (Å²) in [6.07, 6.45) is 4.07. The Bertz CT molecular complexity index is 406. The first-order valence-corrected chi connectivity index (χ1v) is 6.51. The molecule has 0 aromatic heterocycles. The summed E-state index contributed by atoms with van der Waals surface area (Å²) in [6, 6.07) is 6.39. The molecule has 0 fully saturated rings. The van der Waals surface area contributed by atoms with Gasteiger partial charge in [0.1, 0.15) is 5.75 Å². The first-order valence-electron chi connectivity index (χ1n) is 6.51. The summed E-state index contributed by atoms with van der Waals surface area (Å²) in [5.74, 6) is 1.44. The molecular formula is C16H24O2. The van der Waals surface area contributed by atoms with Crippen molar-refractivity contribution in [3.8, 4) is 5.75 Å². The van der Waals surface area contributed by atoms with Gasteiger partial charge < -0.3 is 9.84 Å². The van der Waals surface area contributed by atoms with Gasteiger partial charge in [0.15, 0.2) is 0 Å². The molecule has 0 spiro atoms. The molecule has 0 amide bonds. The normalized spacial score (nSPS) is 12.0. The van der Waals surface area contributed by atoms with Crippen LogP contribution in [0.5, 0.6) is 5.75 Å². The van der Waals surface area contributed by atoms with Crippen LogP contribution in [0.3, 0.4) is 0 Å². The van der Waals surface area contributed by atoms with Crippen LogP contribution in [0.25, 0.3) is 0 Å². The average Bonchev–Trinajstić information content (AvgIpc) is 2.38. The lowest BCUT2D eigenvalue weighted by atomic mass is 9.97. The minimum absolute atomic E-state index is 0.153. The highest BCUT2D eigenvalue weighted by Crippen LogP contribution is 2.27. The van der Waals surface area contributed by atoms with Crippen LogP contribution >= 0.6 is 0 Å². The molecule has 0 bridgehead atoms. The molecule has 1 N–H and O–H groups in total. The number of hydrogen-bond acceptors (Lipinski definition) is 2. The lowest BCUT2D eigenvalue weighted by Gasteiger charge is -2.13. The van der Waals surface area contributed by atoms with Crippen molar-refractivity contribution in [1.82, 2.24) is 0 Å². The van der Waals surface area contributed by atoms with E-state index in [1.807, 2.05) is 13.0 Å². The van der Waals surface area contributed by atoms with E-state index in [1.54, 1.807) is 7.11 Å². The highest BCUT2D eigenvalue weighted by Gasteiger charge is 2.07. The van der Waals surface area contributed by atoms with Gasteiger partial charge in [-0.05, 0) is 42.9 Å². The highest BCUT2D eigenvalue weighted by atomic mass is 16.5. The average molecular weight is 248 g/mol. The van der Waals surface area contributed by atoms with Crippen LogP contribution in [0.4, 0.5) is 0 Å². The summed E-state index contributed by atoms with van der Waals surface area (Å²) in [5.41, 5.74) is 3.62. The second-order valence-electron chi connectivity index (χ2n) is 4.98. The molecule has 1 aromatic carbocycles. The van der Waals surface area contributed by atoms with Crippen molar-refractivity contribution in [2.24, 2.45) is 0 Å². The monoisotopic (exact) mass is 248 g/mol. The predicted molar refractivity (Wildman–Crippen MR) is 76.2 cm³/mol. The number of hydrogen-bond donors (Lipinski definition) is 1. The van der Waals surface area contributed by atoms with E-state index in [0.29, 0.717) is 5.92 Å². The second-order valence-corrected chi connectivity index (χ2v) is 4.98. The van der Waals surface area contributed by atoms with Gasteiger partial charge >= 0.3 is 0 Å². The number of ether oxygens (including phenoxy) is 1. The smallest absolute Gasteiger partial charge is 0.122 e. The molecule has 0 radical (unpaired) electrons. The van der Waals surface area contributed by atoms with Gasteiger partial charge in [0.25, 0.3) is 0 Å². The van der Waals surface area contributed by atoms with Crippen LogP contribution in [0.1, 0.15) is 44.2 Å². The van der Waals surface area contributed by atoms with Gasteiger partial charge in [-0.2, -0.15) is 0 Å².